The second-order valence-electron chi connectivity index (χ2n) is 10.1. The third-order valence-corrected chi connectivity index (χ3v) is 9.57. The van der Waals surface area contributed by atoms with Crippen LogP contribution < -0.4 is 10.0 Å². The maximum Gasteiger partial charge on any atom is 0.242 e. The van der Waals surface area contributed by atoms with Gasteiger partial charge < -0.3 is 10.1 Å². The molecule has 2 N–H and O–H groups in total. The van der Waals surface area contributed by atoms with Crippen LogP contribution in [0.4, 0.5) is 5.82 Å². The molecule has 0 bridgehead atoms. The Bertz CT molecular complexity index is 1070. The highest BCUT2D eigenvalue weighted by Gasteiger charge is 2.36. The number of nitrogens with one attached hydrogen (secondary N) is 2. The number of ether oxygens (including phenoxy) is 1. The Kier molecular flexibility index (Phi) is 6.47. The Hall–Kier alpha value is -1.59. The summed E-state index contributed by atoms with van der Waals surface area (Å²) >= 11 is 1.77. The van der Waals surface area contributed by atoms with Crippen molar-refractivity contribution in [2.24, 2.45) is 5.41 Å². The van der Waals surface area contributed by atoms with E-state index in [1.54, 1.807) is 23.5 Å². The van der Waals surface area contributed by atoms with Crippen LogP contribution in [0.3, 0.4) is 0 Å². The second kappa shape index (κ2) is 9.22. The molecule has 0 radical (unpaired) electrons. The Labute approximate surface area is 200 Å². The molecule has 0 atom stereocenters. The molecule has 5 rings (SSSR count). The number of rotatable bonds is 7. The molecule has 3 heterocycles. The first-order valence-electron chi connectivity index (χ1n) is 11.8. The molecule has 33 heavy (non-hydrogen) atoms. The summed E-state index contributed by atoms with van der Waals surface area (Å²) in [6.45, 7) is 8.63. The fourth-order valence-electron chi connectivity index (χ4n) is 4.85. The maximum absolute atomic E-state index is 12.8. The van der Waals surface area contributed by atoms with Crippen molar-refractivity contribution in [2.45, 2.75) is 69.5 Å². The molecule has 0 aromatic carbocycles. The van der Waals surface area contributed by atoms with Gasteiger partial charge in [0.25, 0.3) is 0 Å². The molecule has 2 aromatic rings. The lowest BCUT2D eigenvalue weighted by molar-refractivity contribution is -0.00771. The standard InChI is InChI=1S/C23H33N5O3S2/c1-23(2)6-5-19-20(13-23)32-22(26-19)15-25-21-4-3-18(14-24-21)33(29,30)27-16-11-17(12-16)28-7-9-31-10-8-28/h3-4,14,16-17,27H,5-13,15H2,1-2H3,(H,24,25). The van der Waals surface area contributed by atoms with Crippen LogP contribution in [0.1, 0.15) is 48.7 Å². The fraction of sp³-hybridized carbons (Fsp3) is 0.652. The first kappa shape index (κ1) is 23.2. The minimum absolute atomic E-state index is 0.0124. The average Bonchev–Trinajstić information content (AvgIpc) is 3.16. The number of sulfonamides is 1. The Morgan fingerprint density at radius 3 is 2.76 bits per heavy atom. The molecule has 0 spiro atoms. The monoisotopic (exact) mass is 491 g/mol. The summed E-state index contributed by atoms with van der Waals surface area (Å²) in [5, 5.41) is 4.33. The highest BCUT2D eigenvalue weighted by Crippen LogP contribution is 2.37. The number of pyridine rings is 1. The van der Waals surface area contributed by atoms with Gasteiger partial charge in [-0.2, -0.15) is 0 Å². The van der Waals surface area contributed by atoms with E-state index in [0.29, 0.717) is 23.8 Å². The second-order valence-corrected chi connectivity index (χ2v) is 13.0. The van der Waals surface area contributed by atoms with Crippen molar-refractivity contribution in [1.29, 1.82) is 0 Å². The number of nitrogens with zero attached hydrogens (tertiary/aromatic N) is 3. The maximum atomic E-state index is 12.8. The molecule has 0 amide bonds. The minimum Gasteiger partial charge on any atom is -0.379 e. The summed E-state index contributed by atoms with van der Waals surface area (Å²) in [6, 6.07) is 3.78. The first-order chi connectivity index (χ1) is 15.8. The van der Waals surface area contributed by atoms with Gasteiger partial charge in [0, 0.05) is 36.2 Å². The van der Waals surface area contributed by atoms with Crippen molar-refractivity contribution in [2.75, 3.05) is 31.6 Å². The summed E-state index contributed by atoms with van der Waals surface area (Å²) in [7, 11) is -3.57. The number of hydrogen-bond donors (Lipinski definition) is 2. The van der Waals surface area contributed by atoms with Gasteiger partial charge in [0.1, 0.15) is 15.7 Å². The molecular weight excluding hydrogens is 458 g/mol. The molecule has 10 heteroatoms. The van der Waals surface area contributed by atoms with Crippen LogP contribution in [0.15, 0.2) is 23.2 Å². The number of anilines is 1. The number of morpholine rings is 1. The molecule has 1 saturated carbocycles. The lowest BCUT2D eigenvalue weighted by atomic mass is 9.79. The van der Waals surface area contributed by atoms with E-state index < -0.39 is 10.0 Å². The highest BCUT2D eigenvalue weighted by molar-refractivity contribution is 7.89. The number of aryl methyl sites for hydroxylation is 1. The molecule has 3 aliphatic rings. The van der Waals surface area contributed by atoms with Crippen LogP contribution in [0.2, 0.25) is 0 Å². The summed E-state index contributed by atoms with van der Waals surface area (Å²) in [6.07, 6.45) is 6.44. The summed E-state index contributed by atoms with van der Waals surface area (Å²) in [5.41, 5.74) is 1.59. The average molecular weight is 492 g/mol. The van der Waals surface area contributed by atoms with Crippen LogP contribution >= 0.6 is 11.3 Å². The van der Waals surface area contributed by atoms with Crippen molar-refractivity contribution < 1.29 is 13.2 Å². The van der Waals surface area contributed by atoms with Gasteiger partial charge in [0.15, 0.2) is 0 Å². The van der Waals surface area contributed by atoms with E-state index in [0.717, 1.165) is 57.0 Å². The Morgan fingerprint density at radius 2 is 2.03 bits per heavy atom. The first-order valence-corrected chi connectivity index (χ1v) is 14.1. The summed E-state index contributed by atoms with van der Waals surface area (Å²) in [5.74, 6) is 0.651. The van der Waals surface area contributed by atoms with Crippen LogP contribution in [-0.4, -0.2) is 61.7 Å². The van der Waals surface area contributed by atoms with Crippen LogP contribution in [0.25, 0.3) is 0 Å². The van der Waals surface area contributed by atoms with E-state index >= 15 is 0 Å². The molecule has 2 fully saturated rings. The van der Waals surface area contributed by atoms with Gasteiger partial charge in [0.05, 0.1) is 25.5 Å². The van der Waals surface area contributed by atoms with Gasteiger partial charge in [-0.25, -0.2) is 23.1 Å². The number of fused-ring (bicyclic) bond motifs is 1. The topological polar surface area (TPSA) is 96.5 Å². The predicted octanol–water partition coefficient (Wildman–Crippen LogP) is 2.81. The normalized spacial score (nSPS) is 25.3. The van der Waals surface area contributed by atoms with Gasteiger partial charge in [-0.05, 0) is 49.7 Å². The SMILES string of the molecule is CC1(C)CCc2nc(CNc3ccc(S(=O)(=O)NC4CC(N5CCOCC5)C4)cn3)sc2C1. The molecule has 2 aliphatic carbocycles. The smallest absolute Gasteiger partial charge is 0.242 e. The van der Waals surface area contributed by atoms with Gasteiger partial charge >= 0.3 is 0 Å². The zero-order valence-electron chi connectivity index (χ0n) is 19.3. The predicted molar refractivity (Wildman–Crippen MR) is 129 cm³/mol. The number of thiazole rings is 1. The van der Waals surface area contributed by atoms with Gasteiger partial charge in [-0.1, -0.05) is 13.8 Å². The largest absolute Gasteiger partial charge is 0.379 e. The molecule has 1 aliphatic heterocycles. The Morgan fingerprint density at radius 1 is 1.24 bits per heavy atom. The van der Waals surface area contributed by atoms with E-state index in [1.165, 1.54) is 23.2 Å². The van der Waals surface area contributed by atoms with Crippen LogP contribution in [0.5, 0.6) is 0 Å². The lowest BCUT2D eigenvalue weighted by Crippen LogP contribution is -2.56. The number of hydrogen-bond acceptors (Lipinski definition) is 8. The third-order valence-electron chi connectivity index (χ3n) is 6.96. The van der Waals surface area contributed by atoms with Crippen molar-refractivity contribution in [3.05, 3.63) is 33.9 Å². The zero-order valence-corrected chi connectivity index (χ0v) is 21.0. The molecule has 180 valence electrons. The van der Waals surface area contributed by atoms with Crippen molar-refractivity contribution in [3.8, 4) is 0 Å². The Balaban J connectivity index is 1.12. The van der Waals surface area contributed by atoms with Crippen molar-refractivity contribution in [3.63, 3.8) is 0 Å². The minimum atomic E-state index is -3.57. The third kappa shape index (κ3) is 5.40. The van der Waals surface area contributed by atoms with E-state index in [4.69, 9.17) is 9.72 Å². The molecule has 8 nitrogen and oxygen atoms in total. The fourth-order valence-corrected chi connectivity index (χ4v) is 7.37. The highest BCUT2D eigenvalue weighted by atomic mass is 32.2. The van der Waals surface area contributed by atoms with E-state index in [-0.39, 0.29) is 10.9 Å². The number of aromatic nitrogens is 2. The molecule has 2 aromatic heterocycles. The summed E-state index contributed by atoms with van der Waals surface area (Å²) in [4.78, 5) is 13.1. The lowest BCUT2D eigenvalue weighted by Gasteiger charge is -2.44. The quantitative estimate of drug-likeness (QED) is 0.615. The van der Waals surface area contributed by atoms with Gasteiger partial charge in [0.2, 0.25) is 10.0 Å². The van der Waals surface area contributed by atoms with Gasteiger partial charge in [-0.15, -0.1) is 11.3 Å². The molecular formula is C23H33N5O3S2. The van der Waals surface area contributed by atoms with Crippen molar-refractivity contribution >= 4 is 27.2 Å². The van der Waals surface area contributed by atoms with E-state index in [1.807, 2.05) is 0 Å². The zero-order chi connectivity index (χ0) is 23.1. The summed E-state index contributed by atoms with van der Waals surface area (Å²) < 4.78 is 33.7. The van der Waals surface area contributed by atoms with Gasteiger partial charge in [-0.3, -0.25) is 4.90 Å². The van der Waals surface area contributed by atoms with Crippen molar-refractivity contribution in [1.82, 2.24) is 19.6 Å². The van der Waals surface area contributed by atoms with Crippen LogP contribution in [0, 0.1) is 5.41 Å². The van der Waals surface area contributed by atoms with E-state index in [9.17, 15) is 8.42 Å². The molecule has 0 unspecified atom stereocenters. The van der Waals surface area contributed by atoms with Crippen LogP contribution in [-0.2, 0) is 34.1 Å². The molecule has 1 saturated heterocycles. The van der Waals surface area contributed by atoms with E-state index in [2.05, 4.69) is 33.8 Å².